The first-order valence-electron chi connectivity index (χ1n) is 6.04. The van der Waals surface area contributed by atoms with Crippen molar-refractivity contribution in [2.24, 2.45) is 0 Å². The maximum Gasteiger partial charge on any atom is 0.328 e. The summed E-state index contributed by atoms with van der Waals surface area (Å²) in [7, 11) is 0. The highest BCUT2D eigenvalue weighted by Crippen LogP contribution is 2.22. The molecule has 1 atom stereocenters. The zero-order valence-electron chi connectivity index (χ0n) is 10.6. The van der Waals surface area contributed by atoms with Gasteiger partial charge in [0.1, 0.15) is 6.04 Å². The van der Waals surface area contributed by atoms with E-state index in [1.807, 2.05) is 42.0 Å². The molecule has 1 heterocycles. The molecule has 0 aliphatic rings. The molecule has 0 spiro atoms. The first kappa shape index (κ1) is 12.6. The summed E-state index contributed by atoms with van der Waals surface area (Å²) < 4.78 is 6.90. The maximum atomic E-state index is 11.7. The van der Waals surface area contributed by atoms with E-state index < -0.39 is 0 Å². The van der Waals surface area contributed by atoms with Crippen LogP contribution >= 0.6 is 0 Å². The Balaban J connectivity index is 2.37. The van der Waals surface area contributed by atoms with Crippen molar-refractivity contribution in [3.8, 4) is 0 Å². The Labute approximate surface area is 106 Å². The Bertz CT molecular complexity index is 559. The quantitative estimate of drug-likeness (QED) is 0.843. The molecule has 2 aromatic rings. The zero-order valence-corrected chi connectivity index (χ0v) is 10.6. The fraction of sp³-hybridized carbons (Fsp3) is 0.357. The number of aromatic nitrogens is 1. The molecule has 1 unspecified atom stereocenters. The first-order valence-corrected chi connectivity index (χ1v) is 6.04. The highest BCUT2D eigenvalue weighted by molar-refractivity contribution is 5.84. The van der Waals surface area contributed by atoms with Crippen LogP contribution in [0.15, 0.2) is 30.5 Å². The molecule has 1 N–H and O–H groups in total. The molecule has 0 aliphatic heterocycles. The van der Waals surface area contributed by atoms with Gasteiger partial charge in [0, 0.05) is 11.7 Å². The van der Waals surface area contributed by atoms with E-state index >= 15 is 0 Å². The van der Waals surface area contributed by atoms with Crippen LogP contribution in [0.25, 0.3) is 10.9 Å². The van der Waals surface area contributed by atoms with Crippen LogP contribution < -0.4 is 0 Å². The van der Waals surface area contributed by atoms with Crippen molar-refractivity contribution in [1.82, 2.24) is 4.57 Å². The molecule has 4 nitrogen and oxygen atoms in total. The summed E-state index contributed by atoms with van der Waals surface area (Å²) in [5.41, 5.74) is 1.83. The molecule has 0 bridgehead atoms. The second kappa shape index (κ2) is 5.23. The van der Waals surface area contributed by atoms with Crippen molar-refractivity contribution in [3.05, 3.63) is 36.0 Å². The maximum absolute atomic E-state index is 11.7. The summed E-state index contributed by atoms with van der Waals surface area (Å²) in [4.78, 5) is 11.7. The van der Waals surface area contributed by atoms with Gasteiger partial charge in [0.15, 0.2) is 0 Å². The molecular weight excluding hydrogens is 230 g/mol. The van der Waals surface area contributed by atoms with Gasteiger partial charge in [-0.05, 0) is 43.0 Å². The van der Waals surface area contributed by atoms with Crippen LogP contribution in [0.4, 0.5) is 0 Å². The lowest BCUT2D eigenvalue weighted by molar-refractivity contribution is -0.146. The molecule has 2 rings (SSSR count). The lowest BCUT2D eigenvalue weighted by Gasteiger charge is -2.13. The number of esters is 1. The SMILES string of the molecule is CCOC(=O)C(C)n1ccc2cc(CO)ccc21. The van der Waals surface area contributed by atoms with Crippen molar-refractivity contribution in [3.63, 3.8) is 0 Å². The van der Waals surface area contributed by atoms with E-state index in [0.717, 1.165) is 16.5 Å². The predicted molar refractivity (Wildman–Crippen MR) is 69.2 cm³/mol. The van der Waals surface area contributed by atoms with E-state index in [1.165, 1.54) is 0 Å². The lowest BCUT2D eigenvalue weighted by atomic mass is 10.1. The number of rotatable bonds is 4. The minimum Gasteiger partial charge on any atom is -0.464 e. The van der Waals surface area contributed by atoms with Crippen LogP contribution in [0.2, 0.25) is 0 Å². The Kier molecular flexibility index (Phi) is 3.67. The van der Waals surface area contributed by atoms with Gasteiger partial charge in [-0.1, -0.05) is 6.07 Å². The number of ether oxygens (including phenoxy) is 1. The largest absolute Gasteiger partial charge is 0.464 e. The van der Waals surface area contributed by atoms with Gasteiger partial charge in [-0.2, -0.15) is 0 Å². The van der Waals surface area contributed by atoms with Gasteiger partial charge in [-0.25, -0.2) is 4.79 Å². The van der Waals surface area contributed by atoms with Crippen molar-refractivity contribution in [2.75, 3.05) is 6.61 Å². The highest BCUT2D eigenvalue weighted by Gasteiger charge is 2.17. The molecule has 0 saturated heterocycles. The minimum absolute atomic E-state index is 0.0224. The van der Waals surface area contributed by atoms with Gasteiger partial charge in [0.25, 0.3) is 0 Å². The highest BCUT2D eigenvalue weighted by atomic mass is 16.5. The van der Waals surface area contributed by atoms with Crippen molar-refractivity contribution < 1.29 is 14.6 Å². The fourth-order valence-electron chi connectivity index (χ4n) is 2.03. The van der Waals surface area contributed by atoms with Gasteiger partial charge in [-0.15, -0.1) is 0 Å². The molecule has 0 radical (unpaired) electrons. The zero-order chi connectivity index (χ0) is 13.1. The number of benzene rings is 1. The van der Waals surface area contributed by atoms with Crippen molar-refractivity contribution in [1.29, 1.82) is 0 Å². The van der Waals surface area contributed by atoms with Crippen molar-refractivity contribution >= 4 is 16.9 Å². The van der Waals surface area contributed by atoms with E-state index in [4.69, 9.17) is 9.84 Å². The van der Waals surface area contributed by atoms with Gasteiger partial charge in [0.2, 0.25) is 0 Å². The predicted octanol–water partition coefficient (Wildman–Crippen LogP) is 2.26. The molecule has 1 aromatic heterocycles. The molecule has 96 valence electrons. The molecule has 4 heteroatoms. The van der Waals surface area contributed by atoms with E-state index in [-0.39, 0.29) is 18.6 Å². The summed E-state index contributed by atoms with van der Waals surface area (Å²) >= 11 is 0. The van der Waals surface area contributed by atoms with Gasteiger partial charge < -0.3 is 14.4 Å². The third-order valence-electron chi connectivity index (χ3n) is 3.01. The number of aliphatic hydroxyl groups excluding tert-OH is 1. The van der Waals surface area contributed by atoms with Crippen molar-refractivity contribution in [2.45, 2.75) is 26.5 Å². The molecule has 18 heavy (non-hydrogen) atoms. The van der Waals surface area contributed by atoms with Crippen LogP contribution in [0.1, 0.15) is 25.5 Å². The van der Waals surface area contributed by atoms with Crippen LogP contribution in [-0.2, 0) is 16.1 Å². The summed E-state index contributed by atoms with van der Waals surface area (Å²) in [5, 5.41) is 10.1. The van der Waals surface area contributed by atoms with E-state index in [0.29, 0.717) is 6.61 Å². The number of nitrogens with zero attached hydrogens (tertiary/aromatic N) is 1. The second-order valence-corrected chi connectivity index (χ2v) is 4.20. The minimum atomic E-state index is -0.345. The van der Waals surface area contributed by atoms with Crippen LogP contribution in [0, 0.1) is 0 Å². The Morgan fingerprint density at radius 1 is 1.44 bits per heavy atom. The first-order chi connectivity index (χ1) is 8.67. The summed E-state index contributed by atoms with van der Waals surface area (Å²) in [5.74, 6) is -0.235. The standard InChI is InChI=1S/C14H17NO3/c1-3-18-14(17)10(2)15-7-6-12-8-11(9-16)4-5-13(12)15/h4-8,10,16H,3,9H2,1-2H3. The van der Waals surface area contributed by atoms with E-state index in [2.05, 4.69) is 0 Å². The molecule has 1 aromatic carbocycles. The number of carbonyl (C=O) groups excluding carboxylic acids is 1. The molecule has 0 saturated carbocycles. The normalized spacial score (nSPS) is 12.6. The third kappa shape index (κ3) is 2.24. The molecule has 0 amide bonds. The van der Waals surface area contributed by atoms with Gasteiger partial charge in [0.05, 0.1) is 13.2 Å². The molecule has 0 aliphatic carbocycles. The number of hydrogen-bond acceptors (Lipinski definition) is 3. The van der Waals surface area contributed by atoms with Crippen LogP contribution in [0.3, 0.4) is 0 Å². The van der Waals surface area contributed by atoms with Crippen LogP contribution in [-0.4, -0.2) is 22.2 Å². The lowest BCUT2D eigenvalue weighted by Crippen LogP contribution is -2.18. The third-order valence-corrected chi connectivity index (χ3v) is 3.01. The van der Waals surface area contributed by atoms with Gasteiger partial charge >= 0.3 is 5.97 Å². The average Bonchev–Trinajstić information content (AvgIpc) is 2.80. The summed E-state index contributed by atoms with van der Waals surface area (Å²) in [6.45, 7) is 4.02. The fourth-order valence-corrected chi connectivity index (χ4v) is 2.03. The number of aliphatic hydroxyl groups is 1. The number of fused-ring (bicyclic) bond motifs is 1. The topological polar surface area (TPSA) is 51.5 Å². The summed E-state index contributed by atoms with van der Waals surface area (Å²) in [6.07, 6.45) is 1.87. The smallest absolute Gasteiger partial charge is 0.328 e. The number of hydrogen-bond donors (Lipinski definition) is 1. The van der Waals surface area contributed by atoms with Gasteiger partial charge in [-0.3, -0.25) is 0 Å². The molecular formula is C14H17NO3. The Hall–Kier alpha value is -1.81. The monoisotopic (exact) mass is 247 g/mol. The Morgan fingerprint density at radius 2 is 2.22 bits per heavy atom. The number of carbonyl (C=O) groups is 1. The molecule has 0 fully saturated rings. The van der Waals surface area contributed by atoms with E-state index in [1.54, 1.807) is 6.92 Å². The van der Waals surface area contributed by atoms with Crippen LogP contribution in [0.5, 0.6) is 0 Å². The van der Waals surface area contributed by atoms with E-state index in [9.17, 15) is 4.79 Å². The summed E-state index contributed by atoms with van der Waals surface area (Å²) in [6, 6.07) is 7.28. The average molecular weight is 247 g/mol. The Morgan fingerprint density at radius 3 is 2.89 bits per heavy atom. The second-order valence-electron chi connectivity index (χ2n) is 4.20.